The highest BCUT2D eigenvalue weighted by Gasteiger charge is 2.05. The van der Waals surface area contributed by atoms with E-state index in [4.69, 9.17) is 16.0 Å². The molecule has 4 heteroatoms. The molecule has 2 nitrogen and oxygen atoms in total. The maximum absolute atomic E-state index is 9.17. The van der Waals surface area contributed by atoms with Crippen molar-refractivity contribution in [3.8, 4) is 0 Å². The largest absolute Gasteiger partial charge is 0.468 e. The summed E-state index contributed by atoms with van der Waals surface area (Å²) in [6.07, 6.45) is 1.27. The Morgan fingerprint density at radius 3 is 3.00 bits per heavy atom. The average Bonchev–Trinajstić information content (AvgIpc) is 2.52. The van der Waals surface area contributed by atoms with Crippen molar-refractivity contribution < 1.29 is 9.52 Å². The highest BCUT2D eigenvalue weighted by atomic mass is 35.5. The minimum Gasteiger partial charge on any atom is -0.468 e. The summed E-state index contributed by atoms with van der Waals surface area (Å²) in [5, 5.41) is 9.17. The summed E-state index contributed by atoms with van der Waals surface area (Å²) in [4.78, 5) is 0. The molecule has 1 unspecified atom stereocenters. The third-order valence-electron chi connectivity index (χ3n) is 1.69. The predicted octanol–water partition coefficient (Wildman–Crippen LogP) is 2.42. The van der Waals surface area contributed by atoms with Crippen LogP contribution >= 0.6 is 23.4 Å². The van der Waals surface area contributed by atoms with Crippen molar-refractivity contribution >= 4 is 23.4 Å². The van der Waals surface area contributed by atoms with Gasteiger partial charge < -0.3 is 9.52 Å². The molecular weight excluding hydrogens is 208 g/mol. The molecule has 0 amide bonds. The number of alkyl halides is 1. The number of aryl methyl sites for hydroxylation is 1. The van der Waals surface area contributed by atoms with Gasteiger partial charge in [-0.3, -0.25) is 0 Å². The molecule has 0 radical (unpaired) electrons. The van der Waals surface area contributed by atoms with Crippen molar-refractivity contribution in [3.05, 3.63) is 23.7 Å². The van der Waals surface area contributed by atoms with Crippen molar-refractivity contribution in [2.75, 3.05) is 11.6 Å². The summed E-state index contributed by atoms with van der Waals surface area (Å²) in [6.45, 7) is 2.01. The van der Waals surface area contributed by atoms with E-state index in [1.165, 1.54) is 0 Å². The van der Waals surface area contributed by atoms with Gasteiger partial charge in [-0.05, 0) is 18.6 Å². The van der Waals surface area contributed by atoms with Crippen LogP contribution in [0.5, 0.6) is 0 Å². The van der Waals surface area contributed by atoms with Gasteiger partial charge in [0.25, 0.3) is 0 Å². The lowest BCUT2D eigenvalue weighted by atomic mass is 10.3. The highest BCUT2D eigenvalue weighted by molar-refractivity contribution is 7.98. The van der Waals surface area contributed by atoms with Gasteiger partial charge in [-0.25, -0.2) is 0 Å². The van der Waals surface area contributed by atoms with Gasteiger partial charge in [0, 0.05) is 11.6 Å². The first-order chi connectivity index (χ1) is 6.24. The summed E-state index contributed by atoms with van der Waals surface area (Å²) in [5.41, 5.74) is 1.16. The molecule has 1 aromatic rings. The maximum Gasteiger partial charge on any atom is 0.116 e. The smallest absolute Gasteiger partial charge is 0.116 e. The molecule has 0 aliphatic heterocycles. The van der Waals surface area contributed by atoms with Crippen molar-refractivity contribution in [3.63, 3.8) is 0 Å². The second kappa shape index (κ2) is 5.58. The van der Waals surface area contributed by atoms with Crippen LogP contribution in [0.2, 0.25) is 0 Å². The third-order valence-corrected chi connectivity index (χ3v) is 3.13. The van der Waals surface area contributed by atoms with E-state index in [1.54, 1.807) is 18.0 Å². The van der Waals surface area contributed by atoms with Crippen molar-refractivity contribution in [1.29, 1.82) is 0 Å². The molecule has 1 atom stereocenters. The fourth-order valence-electron chi connectivity index (χ4n) is 0.884. The fourth-order valence-corrected chi connectivity index (χ4v) is 2.11. The number of aliphatic hydroxyl groups excluding tert-OH is 1. The molecule has 74 valence electrons. The molecule has 13 heavy (non-hydrogen) atoms. The van der Waals surface area contributed by atoms with Crippen LogP contribution < -0.4 is 0 Å². The van der Waals surface area contributed by atoms with Crippen LogP contribution in [0.4, 0.5) is 0 Å². The number of hydrogen-bond acceptors (Lipinski definition) is 3. The van der Waals surface area contributed by atoms with Crippen molar-refractivity contribution in [2.45, 2.75) is 18.8 Å². The zero-order chi connectivity index (χ0) is 9.68. The Morgan fingerprint density at radius 2 is 2.46 bits per heavy atom. The van der Waals surface area contributed by atoms with E-state index >= 15 is 0 Å². The second-order valence-corrected chi connectivity index (χ2v) is 4.19. The van der Waals surface area contributed by atoms with E-state index in [-0.39, 0.29) is 0 Å². The predicted molar refractivity (Wildman–Crippen MR) is 56.3 cm³/mol. The molecule has 1 rings (SSSR count). The molecule has 0 aromatic carbocycles. The van der Waals surface area contributed by atoms with Gasteiger partial charge in [0.15, 0.2) is 0 Å². The van der Waals surface area contributed by atoms with Crippen LogP contribution in [-0.2, 0) is 5.75 Å². The number of halogens is 1. The summed E-state index contributed by atoms with van der Waals surface area (Å²) in [5.74, 6) is 2.73. The van der Waals surface area contributed by atoms with E-state index in [0.29, 0.717) is 11.6 Å². The molecule has 0 bridgehead atoms. The molecule has 1 N–H and O–H groups in total. The minimum absolute atomic E-state index is 0.296. The number of thioether (sulfide) groups is 1. The average molecular weight is 221 g/mol. The first kappa shape index (κ1) is 11.0. The van der Waals surface area contributed by atoms with Crippen LogP contribution in [0.15, 0.2) is 16.7 Å². The molecular formula is C9H13ClO2S. The van der Waals surface area contributed by atoms with E-state index in [0.717, 1.165) is 17.1 Å². The Labute approximate surface area is 87.3 Å². The topological polar surface area (TPSA) is 33.4 Å². The SMILES string of the molecule is Cc1ccoc1CSCC(O)CCl. The Morgan fingerprint density at radius 1 is 1.69 bits per heavy atom. The van der Waals surface area contributed by atoms with Gasteiger partial charge in [-0.2, -0.15) is 11.8 Å². The zero-order valence-corrected chi connectivity index (χ0v) is 9.07. The summed E-state index contributed by atoms with van der Waals surface area (Å²) < 4.78 is 5.24. The monoisotopic (exact) mass is 220 g/mol. The third kappa shape index (κ3) is 3.63. The molecule has 1 aromatic heterocycles. The number of furan rings is 1. The van der Waals surface area contributed by atoms with Gasteiger partial charge in [0.1, 0.15) is 5.76 Å². The summed E-state index contributed by atoms with van der Waals surface area (Å²) in [6, 6.07) is 1.94. The van der Waals surface area contributed by atoms with Gasteiger partial charge in [0.2, 0.25) is 0 Å². The Balaban J connectivity index is 2.24. The van der Waals surface area contributed by atoms with E-state index in [2.05, 4.69) is 0 Å². The summed E-state index contributed by atoms with van der Waals surface area (Å²) in [7, 11) is 0. The van der Waals surface area contributed by atoms with E-state index in [1.807, 2.05) is 13.0 Å². The molecule has 0 aliphatic rings. The van der Waals surface area contributed by atoms with Crippen LogP contribution in [0.3, 0.4) is 0 Å². The van der Waals surface area contributed by atoms with Crippen LogP contribution in [0.25, 0.3) is 0 Å². The first-order valence-corrected chi connectivity index (χ1v) is 5.77. The molecule has 0 saturated carbocycles. The zero-order valence-electron chi connectivity index (χ0n) is 7.50. The molecule has 0 fully saturated rings. The first-order valence-electron chi connectivity index (χ1n) is 4.08. The molecule has 0 aliphatic carbocycles. The Bertz CT molecular complexity index is 250. The van der Waals surface area contributed by atoms with Crippen molar-refractivity contribution in [1.82, 2.24) is 0 Å². The quantitative estimate of drug-likeness (QED) is 0.774. The lowest BCUT2D eigenvalue weighted by Gasteiger charge is -2.04. The van der Waals surface area contributed by atoms with Gasteiger partial charge in [-0.15, -0.1) is 11.6 Å². The van der Waals surface area contributed by atoms with Crippen molar-refractivity contribution in [2.24, 2.45) is 0 Å². The van der Waals surface area contributed by atoms with E-state index in [9.17, 15) is 5.11 Å². The van der Waals surface area contributed by atoms with Gasteiger partial charge >= 0.3 is 0 Å². The Kier molecular flexibility index (Phi) is 4.70. The molecule has 1 heterocycles. The van der Waals surface area contributed by atoms with Gasteiger partial charge in [0.05, 0.1) is 18.1 Å². The normalized spacial score (nSPS) is 13.2. The fraction of sp³-hybridized carbons (Fsp3) is 0.556. The van der Waals surface area contributed by atoms with Gasteiger partial charge in [-0.1, -0.05) is 0 Å². The maximum atomic E-state index is 9.17. The highest BCUT2D eigenvalue weighted by Crippen LogP contribution is 2.17. The molecule has 0 saturated heterocycles. The van der Waals surface area contributed by atoms with Crippen LogP contribution in [0, 0.1) is 6.92 Å². The van der Waals surface area contributed by atoms with E-state index < -0.39 is 6.10 Å². The lowest BCUT2D eigenvalue weighted by Crippen LogP contribution is -2.11. The standard InChI is InChI=1S/C9H13ClO2S/c1-7-2-3-12-9(7)6-13-5-8(11)4-10/h2-3,8,11H,4-6H2,1H3. The number of hydrogen-bond donors (Lipinski definition) is 1. The molecule has 0 spiro atoms. The number of rotatable bonds is 5. The minimum atomic E-state index is -0.415. The van der Waals surface area contributed by atoms with Crippen LogP contribution in [-0.4, -0.2) is 22.8 Å². The summed E-state index contributed by atoms with van der Waals surface area (Å²) >= 11 is 7.09. The second-order valence-electron chi connectivity index (χ2n) is 2.85. The Hall–Kier alpha value is -0.120. The van der Waals surface area contributed by atoms with Crippen LogP contribution in [0.1, 0.15) is 11.3 Å². The lowest BCUT2D eigenvalue weighted by molar-refractivity contribution is 0.223. The number of aliphatic hydroxyl groups is 1.